The number of nitrogens with zero attached hydrogens (tertiary/aromatic N) is 1. The molecule has 142 valence electrons. The Labute approximate surface area is 145 Å². The number of carbonyl (C=O) groups excluding carboxylic acids is 1. The molecule has 1 saturated carbocycles. The van der Waals surface area contributed by atoms with Gasteiger partial charge in [-0.3, -0.25) is 4.79 Å². The second-order valence-electron chi connectivity index (χ2n) is 6.35. The molecule has 1 amide bonds. The minimum absolute atomic E-state index is 0.0389. The lowest BCUT2D eigenvalue weighted by Gasteiger charge is -2.35. The van der Waals surface area contributed by atoms with Gasteiger partial charge in [-0.1, -0.05) is 19.3 Å². The lowest BCUT2D eigenvalue weighted by molar-refractivity contribution is -0.128. The van der Waals surface area contributed by atoms with Gasteiger partial charge in [0.2, 0.25) is 26.0 Å². The molecule has 1 rings (SSSR count). The molecule has 0 aromatic heterocycles. The van der Waals surface area contributed by atoms with Crippen molar-refractivity contribution in [3.63, 3.8) is 0 Å². The van der Waals surface area contributed by atoms with Gasteiger partial charge >= 0.3 is 0 Å². The molecular weight excluding hydrogens is 354 g/mol. The first-order valence-corrected chi connectivity index (χ1v) is 11.7. The van der Waals surface area contributed by atoms with E-state index in [4.69, 9.17) is 0 Å². The molecule has 0 bridgehead atoms. The highest BCUT2D eigenvalue weighted by Gasteiger charge is 2.41. The van der Waals surface area contributed by atoms with Crippen LogP contribution in [0.25, 0.3) is 0 Å². The van der Waals surface area contributed by atoms with E-state index in [1.54, 1.807) is 6.92 Å². The highest BCUT2D eigenvalue weighted by Crippen LogP contribution is 2.29. The van der Waals surface area contributed by atoms with Crippen molar-refractivity contribution in [1.29, 1.82) is 0 Å². The molecule has 0 spiro atoms. The minimum atomic E-state index is -3.49. The van der Waals surface area contributed by atoms with Crippen molar-refractivity contribution < 1.29 is 21.6 Å². The van der Waals surface area contributed by atoms with Gasteiger partial charge in [-0.05, 0) is 26.2 Å². The average Bonchev–Trinajstić information content (AvgIpc) is 2.50. The summed E-state index contributed by atoms with van der Waals surface area (Å²) in [6, 6.07) is 0. The standard InChI is InChI=1S/C14H29N3O5S2/c1-4-24(21,22)17(2)12-8-11-15-13(18)14(16-23(3,19)20)9-6-5-7-10-14/h16H,4-12H2,1-3H3,(H,15,18). The molecule has 1 fully saturated rings. The summed E-state index contributed by atoms with van der Waals surface area (Å²) < 4.78 is 50.3. The van der Waals surface area contributed by atoms with Crippen LogP contribution in [0.4, 0.5) is 0 Å². The van der Waals surface area contributed by atoms with Crippen LogP contribution < -0.4 is 10.0 Å². The first kappa shape index (κ1) is 21.3. The first-order chi connectivity index (χ1) is 11.0. The molecule has 0 atom stereocenters. The molecule has 1 aliphatic carbocycles. The van der Waals surface area contributed by atoms with Gasteiger partial charge in [-0.15, -0.1) is 0 Å². The first-order valence-electron chi connectivity index (χ1n) is 8.24. The number of sulfonamides is 2. The summed E-state index contributed by atoms with van der Waals surface area (Å²) in [7, 11) is -5.21. The van der Waals surface area contributed by atoms with E-state index in [9.17, 15) is 21.6 Å². The van der Waals surface area contributed by atoms with E-state index in [0.29, 0.717) is 32.4 Å². The van der Waals surface area contributed by atoms with Gasteiger partial charge < -0.3 is 5.32 Å². The fourth-order valence-electron chi connectivity index (χ4n) is 2.92. The molecule has 0 saturated heterocycles. The fourth-order valence-corrected chi connectivity index (χ4v) is 4.77. The Balaban J connectivity index is 2.57. The number of hydrogen-bond donors (Lipinski definition) is 2. The van der Waals surface area contributed by atoms with Crippen molar-refractivity contribution in [3.05, 3.63) is 0 Å². The van der Waals surface area contributed by atoms with Crippen LogP contribution in [-0.2, 0) is 24.8 Å². The fraction of sp³-hybridized carbons (Fsp3) is 0.929. The molecule has 0 aromatic rings. The van der Waals surface area contributed by atoms with Crippen molar-refractivity contribution >= 4 is 26.0 Å². The number of amides is 1. The van der Waals surface area contributed by atoms with E-state index in [1.807, 2.05) is 0 Å². The van der Waals surface area contributed by atoms with Crippen molar-refractivity contribution in [2.45, 2.75) is 51.0 Å². The van der Waals surface area contributed by atoms with Crippen molar-refractivity contribution in [3.8, 4) is 0 Å². The van der Waals surface area contributed by atoms with Crippen molar-refractivity contribution in [2.24, 2.45) is 0 Å². The molecule has 0 unspecified atom stereocenters. The zero-order valence-electron chi connectivity index (χ0n) is 14.7. The molecule has 24 heavy (non-hydrogen) atoms. The third-order valence-electron chi connectivity index (χ3n) is 4.30. The summed E-state index contributed by atoms with van der Waals surface area (Å²) in [4.78, 5) is 12.5. The van der Waals surface area contributed by atoms with Crippen LogP contribution >= 0.6 is 0 Å². The molecule has 0 heterocycles. The molecule has 0 aromatic carbocycles. The average molecular weight is 384 g/mol. The monoisotopic (exact) mass is 383 g/mol. The van der Waals surface area contributed by atoms with Crippen molar-refractivity contribution in [1.82, 2.24) is 14.3 Å². The van der Waals surface area contributed by atoms with E-state index in [0.717, 1.165) is 25.5 Å². The zero-order chi connectivity index (χ0) is 18.4. The van der Waals surface area contributed by atoms with E-state index < -0.39 is 25.6 Å². The number of nitrogens with one attached hydrogen (secondary N) is 2. The number of carbonyl (C=O) groups is 1. The highest BCUT2D eigenvalue weighted by molar-refractivity contribution is 7.89. The van der Waals surface area contributed by atoms with E-state index >= 15 is 0 Å². The Hall–Kier alpha value is -0.710. The van der Waals surface area contributed by atoms with E-state index in [2.05, 4.69) is 10.0 Å². The quantitative estimate of drug-likeness (QED) is 0.545. The van der Waals surface area contributed by atoms with Gasteiger partial charge in [0.15, 0.2) is 0 Å². The smallest absolute Gasteiger partial charge is 0.241 e. The van der Waals surface area contributed by atoms with Gasteiger partial charge in [-0.25, -0.2) is 21.1 Å². The van der Waals surface area contributed by atoms with Gasteiger partial charge in [0.25, 0.3) is 0 Å². The second kappa shape index (κ2) is 8.59. The predicted molar refractivity (Wildman–Crippen MR) is 93.5 cm³/mol. The minimum Gasteiger partial charge on any atom is -0.354 e. The van der Waals surface area contributed by atoms with Gasteiger partial charge in [-0.2, -0.15) is 4.72 Å². The highest BCUT2D eigenvalue weighted by atomic mass is 32.2. The summed E-state index contributed by atoms with van der Waals surface area (Å²) in [6.45, 7) is 2.19. The van der Waals surface area contributed by atoms with Crippen LogP contribution in [0.2, 0.25) is 0 Å². The SMILES string of the molecule is CCS(=O)(=O)N(C)CCCNC(=O)C1(NS(C)(=O)=O)CCCCC1. The summed E-state index contributed by atoms with van der Waals surface area (Å²) in [5, 5.41) is 2.75. The Morgan fingerprint density at radius 2 is 1.71 bits per heavy atom. The normalized spacial score (nSPS) is 18.5. The lowest BCUT2D eigenvalue weighted by atomic mass is 9.82. The summed E-state index contributed by atoms with van der Waals surface area (Å²) in [5.41, 5.74) is -1.08. The summed E-state index contributed by atoms with van der Waals surface area (Å²) in [6.07, 6.45) is 5.07. The Bertz CT molecular complexity index is 625. The maximum atomic E-state index is 12.5. The molecular formula is C14H29N3O5S2. The number of hydrogen-bond acceptors (Lipinski definition) is 5. The van der Waals surface area contributed by atoms with Crippen molar-refractivity contribution in [2.75, 3.05) is 32.1 Å². The summed E-state index contributed by atoms with van der Waals surface area (Å²) in [5.74, 6) is -0.286. The molecule has 2 N–H and O–H groups in total. The maximum Gasteiger partial charge on any atom is 0.241 e. The van der Waals surface area contributed by atoms with Crippen LogP contribution in [-0.4, -0.2) is 64.7 Å². The predicted octanol–water partition coefficient (Wildman–Crippen LogP) is 0.0263. The topological polar surface area (TPSA) is 113 Å². The van der Waals surface area contributed by atoms with Crippen LogP contribution in [0.1, 0.15) is 45.4 Å². The Kier molecular flexibility index (Phi) is 7.64. The van der Waals surface area contributed by atoms with E-state index in [-0.39, 0.29) is 11.7 Å². The van der Waals surface area contributed by atoms with Crippen LogP contribution in [0.5, 0.6) is 0 Å². The number of rotatable bonds is 9. The van der Waals surface area contributed by atoms with Crippen LogP contribution in [0, 0.1) is 0 Å². The third kappa shape index (κ3) is 6.30. The second-order valence-corrected chi connectivity index (χ2v) is 10.5. The molecule has 8 nitrogen and oxygen atoms in total. The lowest BCUT2D eigenvalue weighted by Crippen LogP contribution is -2.59. The molecule has 1 aliphatic rings. The molecule has 0 aliphatic heterocycles. The van der Waals surface area contributed by atoms with Gasteiger partial charge in [0.05, 0.1) is 12.0 Å². The molecule has 0 radical (unpaired) electrons. The van der Waals surface area contributed by atoms with Crippen LogP contribution in [0.15, 0.2) is 0 Å². The Morgan fingerprint density at radius 3 is 2.21 bits per heavy atom. The maximum absolute atomic E-state index is 12.5. The third-order valence-corrected chi connectivity index (χ3v) is 6.92. The van der Waals surface area contributed by atoms with E-state index in [1.165, 1.54) is 11.4 Å². The zero-order valence-corrected chi connectivity index (χ0v) is 16.3. The van der Waals surface area contributed by atoms with Gasteiger partial charge in [0, 0.05) is 20.1 Å². The Morgan fingerprint density at radius 1 is 1.12 bits per heavy atom. The largest absolute Gasteiger partial charge is 0.354 e. The molecule has 10 heteroatoms. The van der Waals surface area contributed by atoms with Crippen LogP contribution in [0.3, 0.4) is 0 Å². The van der Waals surface area contributed by atoms with Gasteiger partial charge in [0.1, 0.15) is 5.54 Å². The summed E-state index contributed by atoms with van der Waals surface area (Å²) >= 11 is 0.